The fourth-order valence-corrected chi connectivity index (χ4v) is 9.80. The Kier molecular flexibility index (Phi) is 7.79. The molecule has 4 atom stereocenters. The first kappa shape index (κ1) is 27.9. The van der Waals surface area contributed by atoms with Crippen molar-refractivity contribution in [2.45, 2.75) is 94.0 Å². The average Bonchev–Trinajstić information content (AvgIpc) is 3.23. The highest BCUT2D eigenvalue weighted by molar-refractivity contribution is 6.32. The van der Waals surface area contributed by atoms with Crippen molar-refractivity contribution in [1.82, 2.24) is 15.1 Å². The van der Waals surface area contributed by atoms with Gasteiger partial charge in [0.2, 0.25) is 0 Å². The van der Waals surface area contributed by atoms with Crippen LogP contribution < -0.4 is 11.1 Å². The zero-order valence-corrected chi connectivity index (χ0v) is 23.8. The van der Waals surface area contributed by atoms with E-state index in [1.807, 2.05) is 0 Å². The molecule has 0 radical (unpaired) electrons. The molecular formula is C29H45ClN4O5. The van der Waals surface area contributed by atoms with Gasteiger partial charge in [0.15, 0.2) is 0 Å². The Morgan fingerprint density at radius 1 is 1.00 bits per heavy atom. The van der Waals surface area contributed by atoms with Crippen molar-refractivity contribution in [1.29, 1.82) is 0 Å². The average molecular weight is 565 g/mol. The minimum atomic E-state index is -0.497. The maximum atomic E-state index is 12.8. The molecule has 0 aromatic carbocycles. The van der Waals surface area contributed by atoms with Gasteiger partial charge in [0, 0.05) is 19.2 Å². The highest BCUT2D eigenvalue weighted by atomic mass is 35.5. The number of ether oxygens (including phenoxy) is 2. The lowest BCUT2D eigenvalue weighted by Crippen LogP contribution is -2.61. The summed E-state index contributed by atoms with van der Waals surface area (Å²) >= 11 is 6.37. The molecule has 8 saturated carbocycles. The van der Waals surface area contributed by atoms with Gasteiger partial charge in [-0.1, -0.05) is 11.6 Å². The van der Waals surface area contributed by atoms with Crippen LogP contribution in [0.5, 0.6) is 0 Å². The van der Waals surface area contributed by atoms with Gasteiger partial charge in [-0.2, -0.15) is 5.10 Å². The molecule has 0 spiro atoms. The third kappa shape index (κ3) is 5.64. The van der Waals surface area contributed by atoms with E-state index < -0.39 is 5.60 Å². The number of amides is 1. The Morgan fingerprint density at radius 2 is 1.56 bits per heavy atom. The number of carbonyl (C=O) groups is 1. The van der Waals surface area contributed by atoms with E-state index in [0.29, 0.717) is 72.7 Å². The lowest BCUT2D eigenvalue weighted by Gasteiger charge is -2.58. The molecule has 5 N–H and O–H groups in total. The predicted molar refractivity (Wildman–Crippen MR) is 146 cm³/mol. The van der Waals surface area contributed by atoms with Crippen molar-refractivity contribution in [2.24, 2.45) is 41.2 Å². The Balaban J connectivity index is 0.000000190. The normalized spacial score (nSPS) is 42.9. The number of halogens is 1. The van der Waals surface area contributed by atoms with E-state index in [9.17, 15) is 15.0 Å². The van der Waals surface area contributed by atoms with Crippen LogP contribution in [0, 0.1) is 35.5 Å². The molecule has 1 aromatic heterocycles. The number of carbonyl (C=O) groups excluding carboxylic acids is 1. The van der Waals surface area contributed by atoms with Crippen molar-refractivity contribution in [3.8, 4) is 0 Å². The Labute approximate surface area is 236 Å². The minimum absolute atomic E-state index is 0.131. The number of aliphatic hydroxyl groups is 2. The number of hydrogen-bond acceptors (Lipinski definition) is 7. The third-order valence-corrected chi connectivity index (χ3v) is 11.2. The fraction of sp³-hybridized carbons (Fsp3) is 0.862. The Hall–Kier alpha value is -1.23. The van der Waals surface area contributed by atoms with E-state index in [1.54, 1.807) is 11.8 Å². The van der Waals surface area contributed by atoms with Crippen LogP contribution in [-0.2, 0) is 16.0 Å². The van der Waals surface area contributed by atoms with Crippen LogP contribution in [0.15, 0.2) is 6.20 Å². The lowest BCUT2D eigenvalue weighted by molar-refractivity contribution is -0.137. The van der Waals surface area contributed by atoms with Crippen molar-refractivity contribution in [3.05, 3.63) is 16.9 Å². The number of rotatable bonds is 8. The molecule has 1 amide bonds. The summed E-state index contributed by atoms with van der Waals surface area (Å²) < 4.78 is 11.9. The SMILES string of the molecule is COCCOCCn1ncc(C(=O)NC2C3CC4CC2CC(O)(C4)C3)c1Cl.NC1C2CC3CC1CC(O)(C3)C2. The molecule has 218 valence electrons. The summed E-state index contributed by atoms with van der Waals surface area (Å²) in [5.74, 6) is 3.26. The summed E-state index contributed by atoms with van der Waals surface area (Å²) in [7, 11) is 1.63. The molecule has 0 saturated heterocycles. The topological polar surface area (TPSA) is 132 Å². The summed E-state index contributed by atoms with van der Waals surface area (Å²) in [6.45, 7) is 2.00. The first-order chi connectivity index (χ1) is 18.7. The highest BCUT2D eigenvalue weighted by Crippen LogP contribution is 2.56. The number of aromatic nitrogens is 2. The van der Waals surface area contributed by atoms with Crippen LogP contribution >= 0.6 is 11.6 Å². The fourth-order valence-electron chi connectivity index (χ4n) is 9.54. The van der Waals surface area contributed by atoms with Gasteiger partial charge in [-0.25, -0.2) is 0 Å². The molecule has 9 nitrogen and oxygen atoms in total. The molecule has 0 aliphatic heterocycles. The second-order valence-corrected chi connectivity index (χ2v) is 14.0. The predicted octanol–water partition coefficient (Wildman–Crippen LogP) is 2.75. The van der Waals surface area contributed by atoms with E-state index in [0.717, 1.165) is 57.3 Å². The van der Waals surface area contributed by atoms with Crippen LogP contribution in [0.3, 0.4) is 0 Å². The third-order valence-electron chi connectivity index (χ3n) is 10.8. The molecule has 4 unspecified atom stereocenters. The summed E-state index contributed by atoms with van der Waals surface area (Å²) in [6, 6.07) is 0.535. The molecule has 1 aromatic rings. The Morgan fingerprint density at radius 3 is 2.13 bits per heavy atom. The van der Waals surface area contributed by atoms with Crippen molar-refractivity contribution in [3.63, 3.8) is 0 Å². The Bertz CT molecular complexity index is 1020. The summed E-state index contributed by atoms with van der Waals surface area (Å²) in [5.41, 5.74) is 5.72. The molecular weight excluding hydrogens is 520 g/mol. The van der Waals surface area contributed by atoms with Crippen LogP contribution in [0.1, 0.15) is 74.6 Å². The van der Waals surface area contributed by atoms with Crippen LogP contribution in [0.2, 0.25) is 5.15 Å². The number of nitrogens with one attached hydrogen (secondary N) is 1. The first-order valence-corrected chi connectivity index (χ1v) is 15.3. The van der Waals surface area contributed by atoms with Gasteiger partial charge < -0.3 is 30.7 Å². The molecule has 39 heavy (non-hydrogen) atoms. The zero-order chi connectivity index (χ0) is 27.4. The molecule has 1 heterocycles. The van der Waals surface area contributed by atoms with Gasteiger partial charge in [-0.15, -0.1) is 0 Å². The maximum Gasteiger partial charge on any atom is 0.256 e. The summed E-state index contributed by atoms with van der Waals surface area (Å²) in [4.78, 5) is 12.8. The van der Waals surface area contributed by atoms with E-state index >= 15 is 0 Å². The van der Waals surface area contributed by atoms with Crippen molar-refractivity contribution < 1.29 is 24.5 Å². The molecule has 9 rings (SSSR count). The smallest absolute Gasteiger partial charge is 0.256 e. The maximum absolute atomic E-state index is 12.8. The number of nitrogens with zero attached hydrogens (tertiary/aromatic N) is 2. The summed E-state index contributed by atoms with van der Waals surface area (Å²) in [5, 5.41) is 28.6. The lowest BCUT2D eigenvalue weighted by atomic mass is 9.52. The van der Waals surface area contributed by atoms with Crippen LogP contribution in [0.4, 0.5) is 0 Å². The van der Waals surface area contributed by atoms with E-state index in [1.165, 1.54) is 19.0 Å². The molecule has 10 heteroatoms. The van der Waals surface area contributed by atoms with Gasteiger partial charge >= 0.3 is 0 Å². The van der Waals surface area contributed by atoms with E-state index in [2.05, 4.69) is 10.4 Å². The monoisotopic (exact) mass is 564 g/mol. The van der Waals surface area contributed by atoms with Gasteiger partial charge in [0.25, 0.3) is 5.91 Å². The molecule has 8 bridgehead atoms. The minimum Gasteiger partial charge on any atom is -0.390 e. The first-order valence-electron chi connectivity index (χ1n) is 14.9. The highest BCUT2D eigenvalue weighted by Gasteiger charge is 2.55. The van der Waals surface area contributed by atoms with Crippen molar-refractivity contribution >= 4 is 17.5 Å². The van der Waals surface area contributed by atoms with Gasteiger partial charge in [0.1, 0.15) is 5.15 Å². The van der Waals surface area contributed by atoms with Crippen LogP contribution in [0.25, 0.3) is 0 Å². The van der Waals surface area contributed by atoms with Crippen LogP contribution in [-0.4, -0.2) is 76.1 Å². The summed E-state index contributed by atoms with van der Waals surface area (Å²) in [6.07, 6.45) is 11.9. The standard InChI is InChI=1S/C19H28ClN3O4.C10H17NO/c1-26-4-5-27-3-2-23-17(20)15(11-21-23)18(24)22-16-13-6-12-7-14(16)10-19(25,8-12)9-13;11-9-7-1-6-2-8(9)5-10(12,3-6)4-7/h11-14,16,25H,2-10H2,1H3,(H,22,24);6-9,12H,1-5,11H2. The molecule has 8 aliphatic rings. The van der Waals surface area contributed by atoms with Gasteiger partial charge in [-0.05, 0) is 99.7 Å². The number of nitrogens with two attached hydrogens (primary N) is 1. The van der Waals surface area contributed by atoms with Crippen molar-refractivity contribution in [2.75, 3.05) is 26.9 Å². The van der Waals surface area contributed by atoms with E-state index in [-0.39, 0.29) is 17.6 Å². The van der Waals surface area contributed by atoms with Gasteiger partial charge in [0.05, 0.1) is 49.3 Å². The second kappa shape index (κ2) is 10.9. The van der Waals surface area contributed by atoms with E-state index in [4.69, 9.17) is 26.8 Å². The quantitative estimate of drug-likeness (QED) is 0.357. The molecule has 8 aliphatic carbocycles. The van der Waals surface area contributed by atoms with Gasteiger partial charge in [-0.3, -0.25) is 9.48 Å². The second-order valence-electron chi connectivity index (χ2n) is 13.6. The zero-order valence-electron chi connectivity index (χ0n) is 23.1. The number of methoxy groups -OCH3 is 1. The number of hydrogen-bond donors (Lipinski definition) is 4. The largest absolute Gasteiger partial charge is 0.390 e. The molecule has 8 fully saturated rings.